The number of carbonyl (C=O) groups is 1. The highest BCUT2D eigenvalue weighted by Gasteiger charge is 2.29. The van der Waals surface area contributed by atoms with Crippen LogP contribution in [0.5, 0.6) is 0 Å². The number of likely N-dealkylation sites (N-methyl/N-ethyl adjacent to an activating group) is 1. The van der Waals surface area contributed by atoms with Gasteiger partial charge in [0.25, 0.3) is 7.82 Å². The Balaban J connectivity index is 4.00. The second-order valence-corrected chi connectivity index (χ2v) is 22.9. The van der Waals surface area contributed by atoms with Crippen LogP contribution in [0.4, 0.5) is 0 Å². The molecule has 0 fully saturated rings. The fourth-order valence-corrected chi connectivity index (χ4v) is 9.30. The molecule has 0 aliphatic rings. The number of nitrogens with zero attached hydrogens (tertiary/aromatic N) is 1. The van der Waals surface area contributed by atoms with E-state index in [2.05, 4.69) is 97.3 Å². The van der Waals surface area contributed by atoms with Crippen molar-refractivity contribution in [1.29, 1.82) is 0 Å². The van der Waals surface area contributed by atoms with E-state index in [0.717, 1.165) is 77.0 Å². The molecule has 4 unspecified atom stereocenters. The van der Waals surface area contributed by atoms with Crippen LogP contribution in [0, 0.1) is 0 Å². The summed E-state index contributed by atoms with van der Waals surface area (Å²) in [6, 6.07) is -1.10. The van der Waals surface area contributed by atoms with E-state index in [9.17, 15) is 24.5 Å². The van der Waals surface area contributed by atoms with Crippen LogP contribution in [0.25, 0.3) is 0 Å². The minimum atomic E-state index is -4.69. The van der Waals surface area contributed by atoms with Crippen molar-refractivity contribution in [2.24, 2.45) is 0 Å². The number of allylic oxidation sites excluding steroid dienone is 14. The van der Waals surface area contributed by atoms with Crippen molar-refractivity contribution < 1.29 is 38.0 Å². The van der Waals surface area contributed by atoms with Crippen molar-refractivity contribution in [1.82, 2.24) is 5.32 Å². The highest BCUT2D eigenvalue weighted by atomic mass is 31.2. The van der Waals surface area contributed by atoms with E-state index in [0.29, 0.717) is 30.3 Å². The summed E-state index contributed by atoms with van der Waals surface area (Å²) in [6.45, 7) is 4.09. The smallest absolute Gasteiger partial charge is 0.268 e. The summed E-state index contributed by atoms with van der Waals surface area (Å²) in [5.74, 6) is -0.294. The van der Waals surface area contributed by atoms with Gasteiger partial charge in [-0.15, -0.1) is 0 Å². The average Bonchev–Trinajstić information content (AvgIpc) is 3.35. The van der Waals surface area contributed by atoms with Crippen LogP contribution in [-0.2, 0) is 18.4 Å². The molecule has 73 heavy (non-hydrogen) atoms. The second-order valence-electron chi connectivity index (χ2n) is 21.4. The SMILES string of the molecule is C/C=C/CC/C=C/CC/C=C/CCCC(O)C(O)C(COP(=O)([O-])OCC[N+](C)(C)C)NC(=O)CCCCCCCCCCCCCCCCCCCCCCCCCC/C=C\C/C=C\C/C=C\C/C=C\CC. The van der Waals surface area contributed by atoms with E-state index in [1.165, 1.54) is 135 Å². The van der Waals surface area contributed by atoms with Crippen LogP contribution in [0.15, 0.2) is 85.1 Å². The highest BCUT2D eigenvalue weighted by molar-refractivity contribution is 7.45. The van der Waals surface area contributed by atoms with E-state index in [1.807, 2.05) is 28.1 Å². The molecule has 0 saturated heterocycles. The Kier molecular flexibility index (Phi) is 51.3. The molecular formula is C63H115N2O7P. The molecule has 0 aromatic carbocycles. The quantitative estimate of drug-likeness (QED) is 0.0240. The third-order valence-electron chi connectivity index (χ3n) is 13.3. The van der Waals surface area contributed by atoms with Gasteiger partial charge in [0.1, 0.15) is 19.3 Å². The zero-order chi connectivity index (χ0) is 53.6. The number of quaternary nitrogens is 1. The van der Waals surface area contributed by atoms with Crippen LogP contribution < -0.4 is 10.2 Å². The van der Waals surface area contributed by atoms with Gasteiger partial charge in [0.05, 0.1) is 39.9 Å². The summed E-state index contributed by atoms with van der Waals surface area (Å²) in [6.07, 6.45) is 71.3. The van der Waals surface area contributed by atoms with Crippen LogP contribution in [0.1, 0.15) is 251 Å². The molecule has 3 N–H and O–H groups in total. The van der Waals surface area contributed by atoms with Crippen molar-refractivity contribution >= 4 is 13.7 Å². The molecule has 424 valence electrons. The van der Waals surface area contributed by atoms with Crippen LogP contribution in [0.2, 0.25) is 0 Å². The predicted molar refractivity (Wildman–Crippen MR) is 313 cm³/mol. The number of hydrogen-bond donors (Lipinski definition) is 3. The van der Waals surface area contributed by atoms with Gasteiger partial charge in [-0.3, -0.25) is 9.36 Å². The number of hydrogen-bond acceptors (Lipinski definition) is 7. The fourth-order valence-electron chi connectivity index (χ4n) is 8.58. The lowest BCUT2D eigenvalue weighted by Gasteiger charge is -2.31. The first-order chi connectivity index (χ1) is 35.4. The van der Waals surface area contributed by atoms with Crippen molar-refractivity contribution in [3.05, 3.63) is 85.1 Å². The van der Waals surface area contributed by atoms with Gasteiger partial charge < -0.3 is 34.0 Å². The number of rotatable bonds is 54. The number of phosphoric ester groups is 1. The minimum Gasteiger partial charge on any atom is -0.756 e. The molecule has 0 heterocycles. The van der Waals surface area contributed by atoms with Gasteiger partial charge in [-0.1, -0.05) is 233 Å². The molecule has 0 saturated carbocycles. The normalized spacial score (nSPS) is 14.9. The molecule has 0 aliphatic heterocycles. The summed E-state index contributed by atoms with van der Waals surface area (Å²) in [7, 11) is 1.09. The van der Waals surface area contributed by atoms with Gasteiger partial charge in [-0.25, -0.2) is 0 Å². The van der Waals surface area contributed by atoms with Crippen molar-refractivity contribution in [2.45, 2.75) is 270 Å². The monoisotopic (exact) mass is 1040 g/mol. The van der Waals surface area contributed by atoms with Gasteiger partial charge in [0.15, 0.2) is 0 Å². The Hall–Kier alpha value is -2.36. The zero-order valence-corrected chi connectivity index (χ0v) is 48.8. The molecular weight excluding hydrogens is 928 g/mol. The molecule has 0 radical (unpaired) electrons. The molecule has 0 bridgehead atoms. The second kappa shape index (κ2) is 53.1. The van der Waals surface area contributed by atoms with E-state index in [4.69, 9.17) is 9.05 Å². The number of carbonyl (C=O) groups excluding carboxylic acids is 1. The van der Waals surface area contributed by atoms with Crippen molar-refractivity contribution in [2.75, 3.05) is 40.9 Å². The maximum atomic E-state index is 13.0. The molecule has 0 aliphatic carbocycles. The number of aliphatic hydroxyl groups excluding tert-OH is 2. The Morgan fingerprint density at radius 3 is 1.33 bits per heavy atom. The summed E-state index contributed by atoms with van der Waals surface area (Å²) in [5.41, 5.74) is 0. The summed E-state index contributed by atoms with van der Waals surface area (Å²) >= 11 is 0. The van der Waals surface area contributed by atoms with Gasteiger partial charge in [-0.05, 0) is 96.8 Å². The van der Waals surface area contributed by atoms with Crippen molar-refractivity contribution in [3.8, 4) is 0 Å². The summed E-state index contributed by atoms with van der Waals surface area (Å²) in [5, 5.41) is 24.7. The Bertz CT molecular complexity index is 1480. The fraction of sp³-hybridized carbons (Fsp3) is 0.762. The predicted octanol–water partition coefficient (Wildman–Crippen LogP) is 16.8. The van der Waals surface area contributed by atoms with Gasteiger partial charge in [0, 0.05) is 6.42 Å². The molecule has 0 aromatic rings. The van der Waals surface area contributed by atoms with Crippen LogP contribution in [-0.4, -0.2) is 79.8 Å². The number of amides is 1. The Labute approximate surface area is 450 Å². The molecule has 9 nitrogen and oxygen atoms in total. The lowest BCUT2D eigenvalue weighted by Crippen LogP contribution is -2.51. The average molecular weight is 1040 g/mol. The van der Waals surface area contributed by atoms with Crippen LogP contribution >= 0.6 is 7.82 Å². The first-order valence-electron chi connectivity index (χ1n) is 30.0. The summed E-state index contributed by atoms with van der Waals surface area (Å²) in [4.78, 5) is 25.5. The lowest BCUT2D eigenvalue weighted by molar-refractivity contribution is -0.870. The number of phosphoric acid groups is 1. The number of nitrogens with one attached hydrogen (secondary N) is 1. The Morgan fingerprint density at radius 2 is 0.890 bits per heavy atom. The molecule has 0 spiro atoms. The molecule has 0 rings (SSSR count). The first kappa shape index (κ1) is 70.6. The summed E-state index contributed by atoms with van der Waals surface area (Å²) < 4.78 is 23.2. The van der Waals surface area contributed by atoms with E-state index in [-0.39, 0.29) is 18.9 Å². The highest BCUT2D eigenvalue weighted by Crippen LogP contribution is 2.38. The maximum absolute atomic E-state index is 13.0. The maximum Gasteiger partial charge on any atom is 0.268 e. The Morgan fingerprint density at radius 1 is 0.521 bits per heavy atom. The van der Waals surface area contributed by atoms with Gasteiger partial charge in [-0.2, -0.15) is 0 Å². The third-order valence-corrected chi connectivity index (χ3v) is 14.2. The number of unbranched alkanes of at least 4 members (excludes halogenated alkanes) is 27. The standard InChI is InChI=1S/C63H115N2O7P/c1-6-8-10-12-14-16-18-20-21-22-23-24-25-26-27-28-29-30-31-32-33-34-35-36-37-38-39-40-41-42-43-44-46-48-50-52-54-56-62(67)64-60(59-72-73(69,70)71-58-57-65(3,4)5)63(68)61(66)55-53-51-49-47-45-19-17-15-13-11-9-7-2/h7-10,14-17,20-21,23-24,47,49,60-61,63,66,68H,6,11-13,18-19,22,25-46,48,50-59H2,1-5H3,(H-,64,67,69,70)/b9-7+,10-8-,16-14-,17-15+,21-20-,24-23-,49-47+. The van der Waals surface area contributed by atoms with Crippen molar-refractivity contribution in [3.63, 3.8) is 0 Å². The molecule has 0 aromatic heterocycles. The minimum absolute atomic E-state index is 0.0515. The lowest BCUT2D eigenvalue weighted by atomic mass is 10.0. The van der Waals surface area contributed by atoms with E-state index in [1.54, 1.807) is 0 Å². The van der Waals surface area contributed by atoms with Gasteiger partial charge >= 0.3 is 0 Å². The zero-order valence-electron chi connectivity index (χ0n) is 47.9. The topological polar surface area (TPSA) is 128 Å². The molecule has 1 amide bonds. The molecule has 10 heteroatoms. The first-order valence-corrected chi connectivity index (χ1v) is 31.4. The number of aliphatic hydroxyl groups is 2. The third kappa shape index (κ3) is 54.2. The van der Waals surface area contributed by atoms with Crippen LogP contribution in [0.3, 0.4) is 0 Å². The van der Waals surface area contributed by atoms with Gasteiger partial charge in [0.2, 0.25) is 5.91 Å². The largest absolute Gasteiger partial charge is 0.756 e. The molecule has 4 atom stereocenters. The van der Waals surface area contributed by atoms with E-state index < -0.39 is 32.7 Å². The van der Waals surface area contributed by atoms with E-state index >= 15 is 0 Å².